The quantitative estimate of drug-likeness (QED) is 0.746. The summed E-state index contributed by atoms with van der Waals surface area (Å²) in [5.41, 5.74) is 9.93. The zero-order valence-electron chi connectivity index (χ0n) is 11.9. The predicted molar refractivity (Wildman–Crippen MR) is 84.2 cm³/mol. The Balaban J connectivity index is 2.10. The third-order valence-electron chi connectivity index (χ3n) is 3.39. The number of ether oxygens (including phenoxy) is 1. The molecule has 0 aliphatic heterocycles. The van der Waals surface area contributed by atoms with E-state index in [1.54, 1.807) is 19.6 Å². The van der Waals surface area contributed by atoms with Gasteiger partial charge in [0.1, 0.15) is 5.75 Å². The molecule has 4 heteroatoms. The maximum Gasteiger partial charge on any atom is 0.131 e. The van der Waals surface area contributed by atoms with Crippen molar-refractivity contribution in [1.82, 2.24) is 9.55 Å². The van der Waals surface area contributed by atoms with Gasteiger partial charge in [-0.2, -0.15) is 0 Å². The highest BCUT2D eigenvalue weighted by atomic mass is 16.5. The molecule has 0 aliphatic carbocycles. The van der Waals surface area contributed by atoms with Gasteiger partial charge in [0.15, 0.2) is 0 Å². The van der Waals surface area contributed by atoms with Gasteiger partial charge in [-0.15, -0.1) is 0 Å². The first-order valence-corrected chi connectivity index (χ1v) is 6.75. The third kappa shape index (κ3) is 2.74. The average Bonchev–Trinajstić information content (AvgIpc) is 3.00. The van der Waals surface area contributed by atoms with Gasteiger partial charge in [0.2, 0.25) is 0 Å². The second-order valence-corrected chi connectivity index (χ2v) is 4.86. The van der Waals surface area contributed by atoms with Gasteiger partial charge in [0, 0.05) is 29.2 Å². The number of hydrogen-bond donors (Lipinski definition) is 1. The molecule has 0 bridgehead atoms. The van der Waals surface area contributed by atoms with E-state index in [0.717, 1.165) is 28.1 Å². The maximum atomic E-state index is 6.07. The first kappa shape index (κ1) is 13.2. The molecule has 0 atom stereocenters. The molecule has 3 rings (SSSR count). The number of nitrogen functional groups attached to an aromatic ring is 1. The van der Waals surface area contributed by atoms with Gasteiger partial charge in [-0.3, -0.25) is 0 Å². The molecule has 0 fully saturated rings. The van der Waals surface area contributed by atoms with Gasteiger partial charge in [0.05, 0.1) is 20.0 Å². The SMILES string of the molecule is COc1c(Cn2ccnc2)cc(N)cc1-c1ccccc1. The predicted octanol–water partition coefficient (Wildman–Crippen LogP) is 3.19. The first-order chi connectivity index (χ1) is 10.3. The van der Waals surface area contributed by atoms with E-state index in [-0.39, 0.29) is 0 Å². The van der Waals surface area contributed by atoms with E-state index < -0.39 is 0 Å². The van der Waals surface area contributed by atoms with Crippen LogP contribution in [-0.4, -0.2) is 16.7 Å². The van der Waals surface area contributed by atoms with Crippen molar-refractivity contribution in [3.63, 3.8) is 0 Å². The summed E-state index contributed by atoms with van der Waals surface area (Å²) in [4.78, 5) is 4.07. The molecule has 21 heavy (non-hydrogen) atoms. The van der Waals surface area contributed by atoms with Crippen molar-refractivity contribution >= 4 is 5.69 Å². The molecule has 1 heterocycles. The van der Waals surface area contributed by atoms with E-state index >= 15 is 0 Å². The minimum absolute atomic E-state index is 0.675. The summed E-state index contributed by atoms with van der Waals surface area (Å²) in [6, 6.07) is 14.0. The van der Waals surface area contributed by atoms with Gasteiger partial charge >= 0.3 is 0 Å². The summed E-state index contributed by atoms with van der Waals surface area (Å²) in [7, 11) is 1.69. The van der Waals surface area contributed by atoms with Crippen LogP contribution in [-0.2, 0) is 6.54 Å². The number of rotatable bonds is 4. The smallest absolute Gasteiger partial charge is 0.131 e. The van der Waals surface area contributed by atoms with Gasteiger partial charge < -0.3 is 15.0 Å². The molecule has 0 radical (unpaired) electrons. The van der Waals surface area contributed by atoms with Crippen molar-refractivity contribution in [2.45, 2.75) is 6.54 Å². The molecule has 2 aromatic carbocycles. The number of anilines is 1. The van der Waals surface area contributed by atoms with Crippen molar-refractivity contribution < 1.29 is 4.74 Å². The standard InChI is InChI=1S/C17H17N3O/c1-21-17-14(11-20-8-7-19-12-20)9-15(18)10-16(17)13-5-3-2-4-6-13/h2-10,12H,11,18H2,1H3. The Morgan fingerprint density at radius 3 is 2.67 bits per heavy atom. The second kappa shape index (κ2) is 5.71. The molecular formula is C17H17N3O. The molecule has 0 saturated carbocycles. The molecule has 0 amide bonds. The van der Waals surface area contributed by atoms with Crippen molar-refractivity contribution in [3.05, 3.63) is 66.7 Å². The molecule has 0 aliphatic rings. The lowest BCUT2D eigenvalue weighted by Crippen LogP contribution is -2.02. The van der Waals surface area contributed by atoms with Crippen LogP contribution < -0.4 is 10.5 Å². The van der Waals surface area contributed by atoms with Crippen molar-refractivity contribution in [1.29, 1.82) is 0 Å². The fourth-order valence-electron chi connectivity index (χ4n) is 2.48. The van der Waals surface area contributed by atoms with Crippen molar-refractivity contribution in [3.8, 4) is 16.9 Å². The number of nitrogens with zero attached hydrogens (tertiary/aromatic N) is 2. The molecule has 1 aromatic heterocycles. The molecule has 0 spiro atoms. The Hall–Kier alpha value is -2.75. The van der Waals surface area contributed by atoms with Crippen LogP contribution in [0.2, 0.25) is 0 Å². The lowest BCUT2D eigenvalue weighted by Gasteiger charge is -2.15. The molecular weight excluding hydrogens is 262 g/mol. The number of benzene rings is 2. The number of imidazole rings is 1. The molecule has 106 valence electrons. The molecule has 4 nitrogen and oxygen atoms in total. The van der Waals surface area contributed by atoms with Crippen LogP contribution in [0.5, 0.6) is 5.75 Å². The van der Waals surface area contributed by atoms with E-state index in [1.165, 1.54) is 0 Å². The molecule has 2 N–H and O–H groups in total. The topological polar surface area (TPSA) is 53.1 Å². The van der Waals surface area contributed by atoms with Crippen molar-refractivity contribution in [2.75, 3.05) is 12.8 Å². The average molecular weight is 279 g/mol. The largest absolute Gasteiger partial charge is 0.496 e. The zero-order valence-corrected chi connectivity index (χ0v) is 11.9. The Morgan fingerprint density at radius 2 is 2.00 bits per heavy atom. The fraction of sp³-hybridized carbons (Fsp3) is 0.118. The maximum absolute atomic E-state index is 6.07. The minimum atomic E-state index is 0.675. The van der Waals surface area contributed by atoms with Crippen LogP contribution in [0.3, 0.4) is 0 Å². The van der Waals surface area contributed by atoms with Crippen LogP contribution in [0.25, 0.3) is 11.1 Å². The van der Waals surface area contributed by atoms with Gasteiger partial charge in [0.25, 0.3) is 0 Å². The van der Waals surface area contributed by atoms with Crippen molar-refractivity contribution in [2.24, 2.45) is 0 Å². The summed E-state index contributed by atoms with van der Waals surface area (Å²) in [5.74, 6) is 0.851. The second-order valence-electron chi connectivity index (χ2n) is 4.86. The summed E-state index contributed by atoms with van der Waals surface area (Å²) < 4.78 is 7.64. The zero-order chi connectivity index (χ0) is 14.7. The summed E-state index contributed by atoms with van der Waals surface area (Å²) in [6.45, 7) is 0.675. The molecule has 3 aromatic rings. The highest BCUT2D eigenvalue weighted by Crippen LogP contribution is 2.35. The summed E-state index contributed by atoms with van der Waals surface area (Å²) in [6.07, 6.45) is 5.46. The first-order valence-electron chi connectivity index (χ1n) is 6.75. The minimum Gasteiger partial charge on any atom is -0.496 e. The van der Waals surface area contributed by atoms with Gasteiger partial charge in [-0.1, -0.05) is 30.3 Å². The van der Waals surface area contributed by atoms with Crippen LogP contribution in [0.15, 0.2) is 61.2 Å². The van der Waals surface area contributed by atoms with Crippen LogP contribution in [0.4, 0.5) is 5.69 Å². The number of nitrogens with two attached hydrogens (primary N) is 1. The van der Waals surface area contributed by atoms with Gasteiger partial charge in [-0.25, -0.2) is 4.98 Å². The van der Waals surface area contributed by atoms with Gasteiger partial charge in [-0.05, 0) is 17.7 Å². The highest BCUT2D eigenvalue weighted by molar-refractivity contribution is 5.76. The van der Waals surface area contributed by atoms with Crippen LogP contribution in [0, 0.1) is 0 Å². The third-order valence-corrected chi connectivity index (χ3v) is 3.39. The Bertz CT molecular complexity index is 721. The highest BCUT2D eigenvalue weighted by Gasteiger charge is 2.13. The van der Waals surface area contributed by atoms with Crippen LogP contribution in [0.1, 0.15) is 5.56 Å². The fourth-order valence-corrected chi connectivity index (χ4v) is 2.48. The molecule has 0 unspecified atom stereocenters. The van der Waals surface area contributed by atoms with E-state index in [1.807, 2.05) is 41.1 Å². The summed E-state index contributed by atoms with van der Waals surface area (Å²) >= 11 is 0. The molecule has 0 saturated heterocycles. The van der Waals surface area contributed by atoms with E-state index in [2.05, 4.69) is 17.1 Å². The number of aromatic nitrogens is 2. The number of hydrogen-bond acceptors (Lipinski definition) is 3. The Kier molecular flexibility index (Phi) is 3.60. The normalized spacial score (nSPS) is 10.5. The lowest BCUT2D eigenvalue weighted by atomic mass is 10.00. The Morgan fingerprint density at radius 1 is 1.19 bits per heavy atom. The van der Waals surface area contributed by atoms with E-state index in [4.69, 9.17) is 10.5 Å². The summed E-state index contributed by atoms with van der Waals surface area (Å²) in [5, 5.41) is 0. The van der Waals surface area contributed by atoms with E-state index in [9.17, 15) is 0 Å². The number of methoxy groups -OCH3 is 1. The Labute approximate surface area is 123 Å². The van der Waals surface area contributed by atoms with Crippen LogP contribution >= 0.6 is 0 Å². The monoisotopic (exact) mass is 279 g/mol. The van der Waals surface area contributed by atoms with E-state index in [0.29, 0.717) is 6.54 Å². The lowest BCUT2D eigenvalue weighted by molar-refractivity contribution is 0.410.